The number of carbonyl (C=O) groups is 1. The zero-order valence-corrected chi connectivity index (χ0v) is 11.9. The summed E-state index contributed by atoms with van der Waals surface area (Å²) in [6.45, 7) is 1.69. The Balaban J connectivity index is 2.25. The highest BCUT2D eigenvalue weighted by Gasteiger charge is 2.13. The van der Waals surface area contributed by atoms with E-state index in [1.807, 2.05) is 24.3 Å². The predicted octanol–water partition coefficient (Wildman–Crippen LogP) is 3.50. The highest BCUT2D eigenvalue weighted by molar-refractivity contribution is 14.1. The van der Waals surface area contributed by atoms with Gasteiger partial charge in [0.2, 0.25) is 0 Å². The number of carboxylic acids is 1. The molecule has 2 N–H and O–H groups in total. The summed E-state index contributed by atoms with van der Waals surface area (Å²) in [5, 5.41) is 12.6. The van der Waals surface area contributed by atoms with Crippen LogP contribution in [0.2, 0.25) is 0 Å². The van der Waals surface area contributed by atoms with Crippen molar-refractivity contribution in [3.8, 4) is 0 Å². The Labute approximate surface area is 116 Å². The second-order valence-corrected chi connectivity index (χ2v) is 5.62. The maximum Gasteiger partial charge on any atom is 0.347 e. The van der Waals surface area contributed by atoms with E-state index < -0.39 is 5.97 Å². The molecule has 4 nitrogen and oxygen atoms in total. The van der Waals surface area contributed by atoms with Crippen LogP contribution in [0.3, 0.4) is 0 Å². The Morgan fingerprint density at radius 3 is 2.88 bits per heavy atom. The molecule has 0 spiro atoms. The average Bonchev–Trinajstić information content (AvgIpc) is 2.59. The Kier molecular flexibility index (Phi) is 3.63. The van der Waals surface area contributed by atoms with E-state index in [1.165, 1.54) is 0 Å². The summed E-state index contributed by atoms with van der Waals surface area (Å²) in [5.74, 6) is -0.935. The molecule has 0 aliphatic heterocycles. The summed E-state index contributed by atoms with van der Waals surface area (Å²) < 4.78 is 1.11. The fourth-order valence-corrected chi connectivity index (χ4v) is 2.71. The normalized spacial score (nSPS) is 10.2. The SMILES string of the molecule is Cc1nc(Nc2cccc(I)c2)sc1C(=O)O. The molecule has 2 aromatic rings. The van der Waals surface area contributed by atoms with Crippen molar-refractivity contribution < 1.29 is 9.90 Å². The number of nitrogens with zero attached hydrogens (tertiary/aromatic N) is 1. The largest absolute Gasteiger partial charge is 0.477 e. The minimum Gasteiger partial charge on any atom is -0.477 e. The van der Waals surface area contributed by atoms with Gasteiger partial charge >= 0.3 is 5.97 Å². The Hall–Kier alpha value is -1.15. The van der Waals surface area contributed by atoms with Gasteiger partial charge in [0.15, 0.2) is 5.13 Å². The van der Waals surface area contributed by atoms with Crippen LogP contribution in [-0.2, 0) is 0 Å². The molecule has 0 aliphatic carbocycles. The molecule has 1 aromatic heterocycles. The van der Waals surface area contributed by atoms with E-state index in [2.05, 4.69) is 32.9 Å². The van der Waals surface area contributed by atoms with Crippen LogP contribution in [0.4, 0.5) is 10.8 Å². The molecule has 0 fully saturated rings. The third-order valence-corrected chi connectivity index (χ3v) is 3.80. The molecule has 0 saturated heterocycles. The lowest BCUT2D eigenvalue weighted by molar-refractivity contribution is 0.0701. The number of aromatic carboxylic acids is 1. The molecule has 0 aliphatic rings. The number of anilines is 2. The van der Waals surface area contributed by atoms with Crippen molar-refractivity contribution in [1.82, 2.24) is 4.98 Å². The second-order valence-electron chi connectivity index (χ2n) is 3.37. The van der Waals surface area contributed by atoms with Crippen molar-refractivity contribution in [2.45, 2.75) is 6.92 Å². The topological polar surface area (TPSA) is 62.2 Å². The van der Waals surface area contributed by atoms with Gasteiger partial charge < -0.3 is 10.4 Å². The van der Waals surface area contributed by atoms with Gasteiger partial charge in [0.25, 0.3) is 0 Å². The van der Waals surface area contributed by atoms with Crippen molar-refractivity contribution in [3.05, 3.63) is 38.4 Å². The molecule has 0 saturated carbocycles. The summed E-state index contributed by atoms with van der Waals surface area (Å²) in [6, 6.07) is 7.81. The van der Waals surface area contributed by atoms with E-state index in [4.69, 9.17) is 5.11 Å². The van der Waals surface area contributed by atoms with Crippen molar-refractivity contribution in [2.75, 3.05) is 5.32 Å². The van der Waals surface area contributed by atoms with E-state index in [0.717, 1.165) is 20.6 Å². The molecule has 17 heavy (non-hydrogen) atoms. The van der Waals surface area contributed by atoms with E-state index in [0.29, 0.717) is 10.8 Å². The molecule has 0 radical (unpaired) electrons. The van der Waals surface area contributed by atoms with E-state index in [9.17, 15) is 4.79 Å². The molecule has 6 heteroatoms. The number of hydrogen-bond donors (Lipinski definition) is 2. The molecule has 88 valence electrons. The fourth-order valence-electron chi connectivity index (χ4n) is 1.34. The van der Waals surface area contributed by atoms with Gasteiger partial charge in [0.1, 0.15) is 4.88 Å². The van der Waals surface area contributed by atoms with Crippen molar-refractivity contribution in [1.29, 1.82) is 0 Å². The highest BCUT2D eigenvalue weighted by Crippen LogP contribution is 2.26. The van der Waals surface area contributed by atoms with Gasteiger partial charge in [-0.05, 0) is 47.7 Å². The highest BCUT2D eigenvalue weighted by atomic mass is 127. The second kappa shape index (κ2) is 5.01. The van der Waals surface area contributed by atoms with Gasteiger partial charge in [-0.3, -0.25) is 0 Å². The van der Waals surface area contributed by atoms with Gasteiger partial charge in [-0.2, -0.15) is 0 Å². The third-order valence-electron chi connectivity index (χ3n) is 2.07. The van der Waals surface area contributed by atoms with Crippen LogP contribution in [0.25, 0.3) is 0 Å². The fraction of sp³-hybridized carbons (Fsp3) is 0.0909. The maximum atomic E-state index is 10.9. The Morgan fingerprint density at radius 1 is 1.53 bits per heavy atom. The first-order valence-corrected chi connectivity index (χ1v) is 6.69. The van der Waals surface area contributed by atoms with Crippen molar-refractivity contribution >= 4 is 50.7 Å². The van der Waals surface area contributed by atoms with Gasteiger partial charge in [-0.15, -0.1) is 0 Å². The number of carboxylic acid groups (broad SMARTS) is 1. The smallest absolute Gasteiger partial charge is 0.347 e. The number of thiazole rings is 1. The standard InChI is InChI=1S/C11H9IN2O2S/c1-6-9(10(15)16)17-11(13-6)14-8-4-2-3-7(12)5-8/h2-5H,1H3,(H,13,14)(H,15,16). The van der Waals surface area contributed by atoms with Crippen molar-refractivity contribution in [2.24, 2.45) is 0 Å². The summed E-state index contributed by atoms with van der Waals surface area (Å²) >= 11 is 3.36. The van der Waals surface area contributed by atoms with Gasteiger partial charge in [-0.1, -0.05) is 17.4 Å². The molecule has 2 rings (SSSR count). The average molecular weight is 360 g/mol. The summed E-state index contributed by atoms with van der Waals surface area (Å²) in [7, 11) is 0. The minimum atomic E-state index is -0.935. The Morgan fingerprint density at radius 2 is 2.29 bits per heavy atom. The molecule has 1 aromatic carbocycles. The molecular formula is C11H9IN2O2S. The predicted molar refractivity (Wildman–Crippen MR) is 76.3 cm³/mol. The monoisotopic (exact) mass is 360 g/mol. The third kappa shape index (κ3) is 2.95. The summed E-state index contributed by atoms with van der Waals surface area (Å²) in [5.41, 5.74) is 1.44. The molecule has 0 unspecified atom stereocenters. The molecule has 0 amide bonds. The quantitative estimate of drug-likeness (QED) is 0.823. The van der Waals surface area contributed by atoms with Crippen LogP contribution in [-0.4, -0.2) is 16.1 Å². The number of benzene rings is 1. The lowest BCUT2D eigenvalue weighted by Crippen LogP contribution is -1.94. The number of halogens is 1. The number of hydrogen-bond acceptors (Lipinski definition) is 4. The number of nitrogens with one attached hydrogen (secondary N) is 1. The Bertz CT molecular complexity index is 568. The summed E-state index contributed by atoms with van der Waals surface area (Å²) in [4.78, 5) is 15.3. The van der Waals surface area contributed by atoms with Crippen LogP contribution in [0, 0.1) is 10.5 Å². The summed E-state index contributed by atoms with van der Waals surface area (Å²) in [6.07, 6.45) is 0. The first-order chi connectivity index (χ1) is 8.06. The lowest BCUT2D eigenvalue weighted by atomic mass is 10.3. The zero-order chi connectivity index (χ0) is 12.4. The van der Waals surface area contributed by atoms with Crippen molar-refractivity contribution in [3.63, 3.8) is 0 Å². The number of aromatic nitrogens is 1. The first kappa shape index (κ1) is 12.3. The van der Waals surface area contributed by atoms with E-state index in [-0.39, 0.29) is 4.88 Å². The van der Waals surface area contributed by atoms with E-state index in [1.54, 1.807) is 6.92 Å². The number of rotatable bonds is 3. The van der Waals surface area contributed by atoms with Crippen LogP contribution in [0.15, 0.2) is 24.3 Å². The first-order valence-electron chi connectivity index (χ1n) is 4.79. The molecule has 0 atom stereocenters. The number of aryl methyl sites for hydroxylation is 1. The zero-order valence-electron chi connectivity index (χ0n) is 8.90. The van der Waals surface area contributed by atoms with Gasteiger partial charge in [-0.25, -0.2) is 9.78 Å². The van der Waals surface area contributed by atoms with Gasteiger partial charge in [0.05, 0.1) is 5.69 Å². The maximum absolute atomic E-state index is 10.9. The lowest BCUT2D eigenvalue weighted by Gasteiger charge is -2.01. The van der Waals surface area contributed by atoms with Crippen LogP contribution in [0.1, 0.15) is 15.4 Å². The van der Waals surface area contributed by atoms with Crippen LogP contribution in [0.5, 0.6) is 0 Å². The van der Waals surface area contributed by atoms with E-state index >= 15 is 0 Å². The van der Waals surface area contributed by atoms with Crippen LogP contribution < -0.4 is 5.32 Å². The molecule has 0 bridgehead atoms. The minimum absolute atomic E-state index is 0.276. The molecule has 1 heterocycles. The van der Waals surface area contributed by atoms with Crippen LogP contribution >= 0.6 is 33.9 Å². The van der Waals surface area contributed by atoms with Gasteiger partial charge in [0, 0.05) is 9.26 Å². The molecular weight excluding hydrogens is 351 g/mol.